The largest absolute Gasteiger partial charge is 0.355 e. The first kappa shape index (κ1) is 16.4. The van der Waals surface area contributed by atoms with Gasteiger partial charge in [-0.2, -0.15) is 0 Å². The Bertz CT molecular complexity index is 250. The summed E-state index contributed by atoms with van der Waals surface area (Å²) in [5.74, 6) is 0.901. The lowest BCUT2D eigenvalue weighted by molar-refractivity contribution is -0.120. The number of amides is 1. The van der Waals surface area contributed by atoms with Gasteiger partial charge in [0.2, 0.25) is 5.91 Å². The second-order valence-electron chi connectivity index (χ2n) is 5.70. The summed E-state index contributed by atoms with van der Waals surface area (Å²) in [4.78, 5) is 14.0. The van der Waals surface area contributed by atoms with Crippen molar-refractivity contribution in [2.75, 3.05) is 32.7 Å². The predicted octanol–water partition coefficient (Wildman–Crippen LogP) is 1.61. The van der Waals surface area contributed by atoms with Gasteiger partial charge in [-0.1, -0.05) is 13.8 Å². The molecule has 1 unspecified atom stereocenters. The zero-order chi connectivity index (χ0) is 14.1. The molecule has 1 aliphatic carbocycles. The van der Waals surface area contributed by atoms with E-state index in [1.165, 1.54) is 19.3 Å². The summed E-state index contributed by atoms with van der Waals surface area (Å²) >= 11 is 0. The Hall–Kier alpha value is -0.610. The lowest BCUT2D eigenvalue weighted by atomic mass is 10.1. The van der Waals surface area contributed by atoms with Crippen molar-refractivity contribution >= 4 is 5.91 Å². The van der Waals surface area contributed by atoms with Crippen molar-refractivity contribution in [2.45, 2.75) is 52.5 Å². The fourth-order valence-electron chi connectivity index (χ4n) is 2.17. The van der Waals surface area contributed by atoms with Gasteiger partial charge in [-0.25, -0.2) is 0 Å². The molecule has 1 aliphatic rings. The van der Waals surface area contributed by atoms with E-state index in [4.69, 9.17) is 0 Å². The quantitative estimate of drug-likeness (QED) is 0.599. The van der Waals surface area contributed by atoms with Crippen LogP contribution in [0.2, 0.25) is 0 Å². The summed E-state index contributed by atoms with van der Waals surface area (Å²) in [6.07, 6.45) is 4.90. The Kier molecular flexibility index (Phi) is 8.07. The number of nitrogens with one attached hydrogen (secondary N) is 2. The van der Waals surface area contributed by atoms with E-state index in [0.29, 0.717) is 12.6 Å². The van der Waals surface area contributed by atoms with E-state index in [2.05, 4.69) is 36.3 Å². The molecule has 4 nitrogen and oxygen atoms in total. The van der Waals surface area contributed by atoms with Crippen molar-refractivity contribution in [3.8, 4) is 0 Å². The first-order valence-electron chi connectivity index (χ1n) is 7.88. The van der Waals surface area contributed by atoms with E-state index in [0.717, 1.165) is 38.5 Å². The molecule has 0 aromatic carbocycles. The molecule has 0 saturated heterocycles. The lowest BCUT2D eigenvalue weighted by Crippen LogP contribution is -2.39. The van der Waals surface area contributed by atoms with Crippen molar-refractivity contribution in [1.29, 1.82) is 0 Å². The smallest absolute Gasteiger partial charge is 0.233 e. The van der Waals surface area contributed by atoms with Crippen LogP contribution in [-0.4, -0.2) is 49.6 Å². The molecule has 1 rings (SSSR count). The van der Waals surface area contributed by atoms with Gasteiger partial charge in [0, 0.05) is 12.6 Å². The monoisotopic (exact) mass is 269 g/mol. The maximum Gasteiger partial charge on any atom is 0.233 e. The van der Waals surface area contributed by atoms with Crippen molar-refractivity contribution in [1.82, 2.24) is 15.5 Å². The summed E-state index contributed by atoms with van der Waals surface area (Å²) in [6.45, 7) is 11.3. The highest BCUT2D eigenvalue weighted by Crippen LogP contribution is 2.27. The molecule has 1 amide bonds. The highest BCUT2D eigenvalue weighted by Gasteiger charge is 2.21. The van der Waals surface area contributed by atoms with Gasteiger partial charge in [0.15, 0.2) is 0 Å². The molecule has 0 heterocycles. The number of carbonyl (C=O) groups excluding carboxylic acids is 1. The Morgan fingerprint density at radius 2 is 2.00 bits per heavy atom. The summed E-state index contributed by atoms with van der Waals surface area (Å²) in [5, 5.41) is 6.29. The summed E-state index contributed by atoms with van der Waals surface area (Å²) in [6, 6.07) is 0.419. The van der Waals surface area contributed by atoms with Gasteiger partial charge in [-0.05, 0) is 58.2 Å². The van der Waals surface area contributed by atoms with E-state index in [-0.39, 0.29) is 5.91 Å². The van der Waals surface area contributed by atoms with Crippen molar-refractivity contribution in [3.63, 3.8) is 0 Å². The Balaban J connectivity index is 1.96. The molecule has 1 atom stereocenters. The second kappa shape index (κ2) is 9.32. The van der Waals surface area contributed by atoms with E-state index in [1.54, 1.807) is 0 Å². The summed E-state index contributed by atoms with van der Waals surface area (Å²) in [7, 11) is 0. The van der Waals surface area contributed by atoms with Crippen molar-refractivity contribution < 1.29 is 4.79 Å². The number of carbonyl (C=O) groups is 1. The molecule has 1 fully saturated rings. The van der Waals surface area contributed by atoms with E-state index < -0.39 is 0 Å². The minimum absolute atomic E-state index is 0.141. The summed E-state index contributed by atoms with van der Waals surface area (Å²) in [5.41, 5.74) is 0. The van der Waals surface area contributed by atoms with E-state index >= 15 is 0 Å². The van der Waals surface area contributed by atoms with Crippen LogP contribution in [0.3, 0.4) is 0 Å². The SMILES string of the molecule is CCN(CC)CCCC(C)NCC(=O)NCC1CC1. The zero-order valence-corrected chi connectivity index (χ0v) is 12.9. The topological polar surface area (TPSA) is 44.4 Å². The first-order valence-corrected chi connectivity index (χ1v) is 7.88. The van der Waals surface area contributed by atoms with Crippen molar-refractivity contribution in [2.24, 2.45) is 5.92 Å². The second-order valence-corrected chi connectivity index (χ2v) is 5.70. The summed E-state index contributed by atoms with van der Waals surface area (Å²) < 4.78 is 0. The lowest BCUT2D eigenvalue weighted by Gasteiger charge is -2.19. The molecule has 112 valence electrons. The number of rotatable bonds is 11. The molecule has 1 saturated carbocycles. The normalized spacial score (nSPS) is 16.6. The highest BCUT2D eigenvalue weighted by atomic mass is 16.1. The van der Waals surface area contributed by atoms with Crippen LogP contribution >= 0.6 is 0 Å². The number of nitrogens with zero attached hydrogens (tertiary/aromatic N) is 1. The van der Waals surface area contributed by atoms with Crippen LogP contribution in [0.1, 0.15) is 46.5 Å². The highest BCUT2D eigenvalue weighted by molar-refractivity contribution is 5.78. The minimum Gasteiger partial charge on any atom is -0.355 e. The molecule has 4 heteroatoms. The molecule has 0 radical (unpaired) electrons. The Morgan fingerprint density at radius 1 is 1.32 bits per heavy atom. The van der Waals surface area contributed by atoms with Crippen LogP contribution < -0.4 is 10.6 Å². The molecule has 0 bridgehead atoms. The van der Waals surface area contributed by atoms with Gasteiger partial charge >= 0.3 is 0 Å². The average Bonchev–Trinajstić information content (AvgIpc) is 3.23. The van der Waals surface area contributed by atoms with Crippen LogP contribution in [0, 0.1) is 5.92 Å². The number of hydrogen-bond acceptors (Lipinski definition) is 3. The minimum atomic E-state index is 0.141. The van der Waals surface area contributed by atoms with Crippen LogP contribution in [0.5, 0.6) is 0 Å². The van der Waals surface area contributed by atoms with Crippen LogP contribution in [0.25, 0.3) is 0 Å². The third-order valence-electron chi connectivity index (χ3n) is 3.90. The molecule has 0 spiro atoms. The van der Waals surface area contributed by atoms with Gasteiger partial charge in [-0.3, -0.25) is 4.79 Å². The maximum absolute atomic E-state index is 11.6. The molecular formula is C15H31N3O. The van der Waals surface area contributed by atoms with E-state index in [1.807, 2.05) is 0 Å². The van der Waals surface area contributed by atoms with Crippen LogP contribution in [-0.2, 0) is 4.79 Å². The Morgan fingerprint density at radius 3 is 2.58 bits per heavy atom. The van der Waals surface area contributed by atoms with Crippen LogP contribution in [0.15, 0.2) is 0 Å². The molecule has 2 N–H and O–H groups in total. The van der Waals surface area contributed by atoms with Gasteiger partial charge in [0.25, 0.3) is 0 Å². The average molecular weight is 269 g/mol. The third kappa shape index (κ3) is 8.22. The third-order valence-corrected chi connectivity index (χ3v) is 3.90. The fourth-order valence-corrected chi connectivity index (χ4v) is 2.17. The molecular weight excluding hydrogens is 238 g/mol. The predicted molar refractivity (Wildman–Crippen MR) is 80.2 cm³/mol. The van der Waals surface area contributed by atoms with Gasteiger partial charge < -0.3 is 15.5 Å². The van der Waals surface area contributed by atoms with Gasteiger partial charge in [0.1, 0.15) is 0 Å². The Labute approximate surface area is 118 Å². The standard InChI is InChI=1S/C15H31N3O/c1-4-18(5-2)10-6-7-13(3)16-12-15(19)17-11-14-8-9-14/h13-14,16H,4-12H2,1-3H3,(H,17,19). The molecule has 0 aliphatic heterocycles. The number of hydrogen-bond donors (Lipinski definition) is 2. The van der Waals surface area contributed by atoms with Gasteiger partial charge in [-0.15, -0.1) is 0 Å². The van der Waals surface area contributed by atoms with Crippen molar-refractivity contribution in [3.05, 3.63) is 0 Å². The fraction of sp³-hybridized carbons (Fsp3) is 0.933. The van der Waals surface area contributed by atoms with Crippen LogP contribution in [0.4, 0.5) is 0 Å². The maximum atomic E-state index is 11.6. The first-order chi connectivity index (χ1) is 9.15. The molecule has 19 heavy (non-hydrogen) atoms. The van der Waals surface area contributed by atoms with Gasteiger partial charge in [0.05, 0.1) is 6.54 Å². The molecule has 0 aromatic rings. The molecule has 0 aromatic heterocycles. The van der Waals surface area contributed by atoms with E-state index in [9.17, 15) is 4.79 Å². The zero-order valence-electron chi connectivity index (χ0n) is 12.9.